The number of carbonyl (C=O) groups is 2. The zero-order valence-corrected chi connectivity index (χ0v) is 19.1. The van der Waals surface area contributed by atoms with E-state index < -0.39 is 17.7 Å². The molecule has 0 aliphatic heterocycles. The summed E-state index contributed by atoms with van der Waals surface area (Å²) >= 11 is 0. The Hall–Kier alpha value is -3.88. The Bertz CT molecular complexity index is 1100. The molecule has 3 aromatic rings. The number of nitrogens with two attached hydrogens (primary N) is 1. The van der Waals surface area contributed by atoms with Crippen LogP contribution in [-0.2, 0) is 5.72 Å². The highest BCUT2D eigenvalue weighted by atomic mass is 16.5. The van der Waals surface area contributed by atoms with Crippen LogP contribution in [0, 0.1) is 5.41 Å². The van der Waals surface area contributed by atoms with E-state index in [1.807, 2.05) is 20.8 Å². The molecular weight excluding hydrogens is 438 g/mol. The lowest BCUT2D eigenvalue weighted by atomic mass is 9.83. The van der Waals surface area contributed by atoms with E-state index in [-0.39, 0.29) is 51.5 Å². The number of phenolic OH excluding ortho intramolecular Hbond substituents is 2. The van der Waals surface area contributed by atoms with Gasteiger partial charge in [0, 0.05) is 11.6 Å². The maximum atomic E-state index is 12.6. The Balaban J connectivity index is 1.95. The van der Waals surface area contributed by atoms with Gasteiger partial charge in [0.25, 0.3) is 0 Å². The highest BCUT2D eigenvalue weighted by Crippen LogP contribution is 2.35. The Morgan fingerprint density at radius 1 is 0.765 bits per heavy atom. The first-order valence-electron chi connectivity index (χ1n) is 10.5. The maximum Gasteiger partial charge on any atom is 0.343 e. The molecule has 0 aromatic heterocycles. The van der Waals surface area contributed by atoms with Crippen LogP contribution in [0.3, 0.4) is 0 Å². The number of benzene rings is 3. The van der Waals surface area contributed by atoms with Crippen molar-refractivity contribution in [1.82, 2.24) is 0 Å². The van der Waals surface area contributed by atoms with Crippen molar-refractivity contribution < 1.29 is 34.4 Å². The molecule has 5 N–H and O–H groups in total. The van der Waals surface area contributed by atoms with E-state index in [0.717, 1.165) is 0 Å². The van der Waals surface area contributed by atoms with Crippen molar-refractivity contribution in [2.45, 2.75) is 32.9 Å². The minimum Gasteiger partial charge on any atom is -0.508 e. The molecule has 0 spiro atoms. The average molecular weight is 466 g/mol. The quantitative estimate of drug-likeness (QED) is 0.243. The molecule has 0 amide bonds. The van der Waals surface area contributed by atoms with Gasteiger partial charge in [-0.3, -0.25) is 5.73 Å². The molecule has 0 saturated carbocycles. The van der Waals surface area contributed by atoms with Crippen molar-refractivity contribution in [3.63, 3.8) is 0 Å². The van der Waals surface area contributed by atoms with Crippen LogP contribution in [0.25, 0.3) is 0 Å². The molecule has 0 radical (unpaired) electrons. The molecule has 0 saturated heterocycles. The third-order valence-electron chi connectivity index (χ3n) is 4.81. The first-order chi connectivity index (χ1) is 15.8. The number of esters is 2. The average Bonchev–Trinajstić information content (AvgIpc) is 2.72. The lowest BCUT2D eigenvalue weighted by Crippen LogP contribution is -2.40. The predicted octanol–water partition coefficient (Wildman–Crippen LogP) is 4.08. The van der Waals surface area contributed by atoms with Crippen LogP contribution in [-0.4, -0.2) is 27.3 Å². The summed E-state index contributed by atoms with van der Waals surface area (Å²) in [5.41, 5.74) is 4.60. The van der Waals surface area contributed by atoms with Crippen LogP contribution in [0.1, 0.15) is 53.5 Å². The summed E-state index contributed by atoms with van der Waals surface area (Å²) in [7, 11) is 0. The second-order valence-electron chi connectivity index (χ2n) is 9.23. The topological polar surface area (TPSA) is 139 Å². The third-order valence-corrected chi connectivity index (χ3v) is 4.81. The van der Waals surface area contributed by atoms with Crippen molar-refractivity contribution in [3.05, 3.63) is 83.4 Å². The first kappa shape index (κ1) is 24.8. The number of phenols is 2. The molecule has 3 aromatic carbocycles. The minimum absolute atomic E-state index is 0.00173. The fraction of sp³-hybridized carbons (Fsp3) is 0.231. The number of hydrogen-bond acceptors (Lipinski definition) is 8. The number of carbonyl (C=O) groups excluding carboxylic acids is 2. The normalized spacial score (nSPS) is 13.1. The number of ether oxygens (including phenoxy) is 2. The van der Waals surface area contributed by atoms with Gasteiger partial charge >= 0.3 is 11.9 Å². The summed E-state index contributed by atoms with van der Waals surface area (Å²) in [6, 6.07) is 15.1. The van der Waals surface area contributed by atoms with Gasteiger partial charge < -0.3 is 24.8 Å². The van der Waals surface area contributed by atoms with Gasteiger partial charge in [0.1, 0.15) is 28.7 Å². The highest BCUT2D eigenvalue weighted by Gasteiger charge is 2.31. The van der Waals surface area contributed by atoms with Gasteiger partial charge in [0.15, 0.2) is 0 Å². The number of hydrogen-bond donors (Lipinski definition) is 4. The summed E-state index contributed by atoms with van der Waals surface area (Å²) in [6.07, 6.45) is 0.167. The van der Waals surface area contributed by atoms with E-state index in [1.165, 1.54) is 66.7 Å². The molecule has 8 heteroatoms. The lowest BCUT2D eigenvalue weighted by Gasteiger charge is -2.31. The van der Waals surface area contributed by atoms with Crippen LogP contribution in [0.2, 0.25) is 0 Å². The molecule has 34 heavy (non-hydrogen) atoms. The predicted molar refractivity (Wildman–Crippen MR) is 125 cm³/mol. The van der Waals surface area contributed by atoms with Crippen LogP contribution < -0.4 is 15.2 Å². The fourth-order valence-electron chi connectivity index (χ4n) is 3.38. The molecule has 3 rings (SSSR count). The van der Waals surface area contributed by atoms with Gasteiger partial charge in [-0.25, -0.2) is 9.59 Å². The van der Waals surface area contributed by atoms with Crippen LogP contribution in [0.4, 0.5) is 0 Å². The molecule has 0 aliphatic carbocycles. The van der Waals surface area contributed by atoms with Crippen molar-refractivity contribution in [2.75, 3.05) is 0 Å². The summed E-state index contributed by atoms with van der Waals surface area (Å²) in [5.74, 6) is -1.44. The molecule has 1 unspecified atom stereocenters. The van der Waals surface area contributed by atoms with Crippen LogP contribution >= 0.6 is 0 Å². The van der Waals surface area contributed by atoms with Crippen molar-refractivity contribution >= 4 is 11.9 Å². The van der Waals surface area contributed by atoms with Gasteiger partial charge in [-0.15, -0.1) is 0 Å². The van der Waals surface area contributed by atoms with Crippen molar-refractivity contribution in [1.29, 1.82) is 0 Å². The van der Waals surface area contributed by atoms with Crippen molar-refractivity contribution in [2.24, 2.45) is 11.1 Å². The SMILES string of the molecule is CC(C)(C)CC(N)(O)c1cc(OC(=O)c2ccc(O)cc2)cc(OC(=O)c2ccc(O)cc2)c1. The molecule has 178 valence electrons. The van der Waals surface area contributed by atoms with Crippen molar-refractivity contribution in [3.8, 4) is 23.0 Å². The van der Waals surface area contributed by atoms with Gasteiger partial charge in [0.2, 0.25) is 0 Å². The molecule has 1 atom stereocenters. The Morgan fingerprint density at radius 2 is 1.15 bits per heavy atom. The Kier molecular flexibility index (Phi) is 6.95. The summed E-state index contributed by atoms with van der Waals surface area (Å²) in [4.78, 5) is 25.1. The highest BCUT2D eigenvalue weighted by molar-refractivity contribution is 5.92. The molecular formula is C26H27NO7. The summed E-state index contributed by atoms with van der Waals surface area (Å²) in [6.45, 7) is 5.72. The maximum absolute atomic E-state index is 12.6. The van der Waals surface area contributed by atoms with E-state index in [1.54, 1.807) is 0 Å². The van der Waals surface area contributed by atoms with Gasteiger partial charge in [-0.1, -0.05) is 20.8 Å². The zero-order valence-electron chi connectivity index (χ0n) is 19.1. The lowest BCUT2D eigenvalue weighted by molar-refractivity contribution is 0.00239. The summed E-state index contributed by atoms with van der Waals surface area (Å²) in [5, 5.41) is 29.8. The van der Waals surface area contributed by atoms with Gasteiger partial charge in [0.05, 0.1) is 11.1 Å². The number of aliphatic hydroxyl groups is 1. The minimum atomic E-state index is -1.81. The summed E-state index contributed by atoms with van der Waals surface area (Å²) < 4.78 is 10.9. The van der Waals surface area contributed by atoms with E-state index in [4.69, 9.17) is 15.2 Å². The second-order valence-corrected chi connectivity index (χ2v) is 9.23. The van der Waals surface area contributed by atoms with Gasteiger partial charge in [-0.05, 0) is 72.5 Å². The molecule has 0 bridgehead atoms. The van der Waals surface area contributed by atoms with E-state index in [0.29, 0.717) is 0 Å². The molecule has 0 heterocycles. The van der Waals surface area contributed by atoms with E-state index >= 15 is 0 Å². The fourth-order valence-corrected chi connectivity index (χ4v) is 3.38. The smallest absolute Gasteiger partial charge is 0.343 e. The molecule has 0 fully saturated rings. The van der Waals surface area contributed by atoms with Crippen LogP contribution in [0.5, 0.6) is 23.0 Å². The van der Waals surface area contributed by atoms with E-state index in [9.17, 15) is 24.9 Å². The Morgan fingerprint density at radius 3 is 1.50 bits per heavy atom. The van der Waals surface area contributed by atoms with E-state index in [2.05, 4.69) is 0 Å². The van der Waals surface area contributed by atoms with Crippen LogP contribution in [0.15, 0.2) is 66.7 Å². The van der Waals surface area contributed by atoms with Gasteiger partial charge in [-0.2, -0.15) is 0 Å². The zero-order chi connectivity index (χ0) is 25.1. The Labute approximate surface area is 197 Å². The monoisotopic (exact) mass is 465 g/mol. The first-order valence-corrected chi connectivity index (χ1v) is 10.5. The number of aromatic hydroxyl groups is 2. The standard InChI is InChI=1S/C26H27NO7/c1-25(2,3)15-26(27,32)18-12-21(33-23(30)16-4-8-19(28)9-5-16)14-22(13-18)34-24(31)17-6-10-20(29)11-7-17/h4-14,28-29,32H,15,27H2,1-3H3. The number of rotatable bonds is 6. The molecule has 8 nitrogen and oxygen atoms in total. The molecule has 0 aliphatic rings. The third kappa shape index (κ3) is 6.57. The second kappa shape index (κ2) is 9.54. The largest absolute Gasteiger partial charge is 0.508 e.